The minimum absolute atomic E-state index is 0.0200. The van der Waals surface area contributed by atoms with Crippen LogP contribution in [0, 0.1) is 0 Å². The lowest BCUT2D eigenvalue weighted by atomic mass is 10.2. The Morgan fingerprint density at radius 1 is 1.13 bits per heavy atom. The molecule has 0 atom stereocenters. The van der Waals surface area contributed by atoms with Crippen LogP contribution < -0.4 is 9.03 Å². The molecule has 23 heavy (non-hydrogen) atoms. The number of nitrogens with one attached hydrogen (secondary N) is 2. The third-order valence-electron chi connectivity index (χ3n) is 3.19. The maximum Gasteiger partial charge on any atom is 0.333 e. The highest BCUT2D eigenvalue weighted by Crippen LogP contribution is 2.24. The molecule has 3 rings (SSSR count). The average molecular weight is 330 g/mol. The van der Waals surface area contributed by atoms with Crippen LogP contribution in [0.1, 0.15) is 0 Å². The van der Waals surface area contributed by atoms with Gasteiger partial charge in [0.15, 0.2) is 0 Å². The first kappa shape index (κ1) is 14.9. The van der Waals surface area contributed by atoms with E-state index >= 15 is 0 Å². The summed E-state index contributed by atoms with van der Waals surface area (Å²) in [5, 5.41) is 10.4. The van der Waals surface area contributed by atoms with Crippen molar-refractivity contribution in [2.75, 3.05) is 9.03 Å². The summed E-state index contributed by atoms with van der Waals surface area (Å²) in [5.41, 5.74) is 1.03. The van der Waals surface area contributed by atoms with Crippen LogP contribution in [0.3, 0.4) is 0 Å². The highest BCUT2D eigenvalue weighted by molar-refractivity contribution is 7.94. The topological polar surface area (TPSA) is 102 Å². The SMILES string of the molecule is O=[C]N(c1cccc(O)c1)S(=O)(=O)Nc1ccc2cc[nH]c2c1. The molecule has 117 valence electrons. The molecule has 3 aromatic rings. The number of benzene rings is 2. The van der Waals surface area contributed by atoms with Crippen molar-refractivity contribution in [1.29, 1.82) is 0 Å². The normalized spacial score (nSPS) is 11.3. The second kappa shape index (κ2) is 5.65. The highest BCUT2D eigenvalue weighted by Gasteiger charge is 2.23. The first-order valence-electron chi connectivity index (χ1n) is 6.57. The maximum atomic E-state index is 12.4. The Kier molecular flexibility index (Phi) is 3.67. The number of aromatic hydroxyl groups is 1. The molecule has 2 aromatic carbocycles. The molecule has 0 aliphatic rings. The number of rotatable bonds is 5. The molecule has 1 aromatic heterocycles. The van der Waals surface area contributed by atoms with Gasteiger partial charge in [0, 0.05) is 17.8 Å². The van der Waals surface area contributed by atoms with Gasteiger partial charge < -0.3 is 10.1 Å². The van der Waals surface area contributed by atoms with E-state index in [1.807, 2.05) is 6.07 Å². The van der Waals surface area contributed by atoms with Gasteiger partial charge in [0.1, 0.15) is 5.75 Å². The molecule has 7 nitrogen and oxygen atoms in total. The predicted molar refractivity (Wildman–Crippen MR) is 87.1 cm³/mol. The number of anilines is 2. The molecule has 1 heterocycles. The van der Waals surface area contributed by atoms with Crippen molar-refractivity contribution in [3.05, 3.63) is 54.7 Å². The Labute approximate surface area is 132 Å². The Bertz CT molecular complexity index is 966. The number of fused-ring (bicyclic) bond motifs is 1. The summed E-state index contributed by atoms with van der Waals surface area (Å²) >= 11 is 0. The fourth-order valence-corrected chi connectivity index (χ4v) is 3.17. The average Bonchev–Trinajstić information content (AvgIpc) is 2.94. The minimum Gasteiger partial charge on any atom is -0.508 e. The number of carbonyl (C=O) groups excluding carboxylic acids is 1. The lowest BCUT2D eigenvalue weighted by Crippen LogP contribution is -2.34. The van der Waals surface area contributed by atoms with E-state index in [4.69, 9.17) is 0 Å². The minimum atomic E-state index is -4.21. The second-order valence-corrected chi connectivity index (χ2v) is 6.28. The molecular weight excluding hydrogens is 318 g/mol. The van der Waals surface area contributed by atoms with Crippen LogP contribution in [0.25, 0.3) is 10.9 Å². The number of phenolic OH excluding ortho intramolecular Hbond substituents is 1. The van der Waals surface area contributed by atoms with E-state index in [1.165, 1.54) is 24.6 Å². The lowest BCUT2D eigenvalue weighted by molar-refractivity contribution is 0.475. The van der Waals surface area contributed by atoms with Crippen LogP contribution in [0.2, 0.25) is 0 Å². The molecule has 1 amide bonds. The fraction of sp³-hybridized carbons (Fsp3) is 0. The molecule has 0 saturated carbocycles. The van der Waals surface area contributed by atoms with Gasteiger partial charge in [-0.2, -0.15) is 12.7 Å². The number of amides is 1. The quantitative estimate of drug-likeness (QED) is 0.623. The van der Waals surface area contributed by atoms with Crippen LogP contribution in [0.15, 0.2) is 54.7 Å². The van der Waals surface area contributed by atoms with Gasteiger partial charge in [-0.15, -0.1) is 0 Å². The lowest BCUT2D eigenvalue weighted by Gasteiger charge is -2.18. The van der Waals surface area contributed by atoms with Gasteiger partial charge in [0.05, 0.1) is 11.4 Å². The van der Waals surface area contributed by atoms with Crippen LogP contribution >= 0.6 is 0 Å². The number of aromatic nitrogens is 1. The van der Waals surface area contributed by atoms with E-state index in [0.29, 0.717) is 9.99 Å². The smallest absolute Gasteiger partial charge is 0.333 e. The summed E-state index contributed by atoms with van der Waals surface area (Å²) in [4.78, 5) is 14.1. The summed E-state index contributed by atoms with van der Waals surface area (Å²) in [6, 6.07) is 12.1. The predicted octanol–water partition coefficient (Wildman–Crippen LogP) is 2.10. The number of aromatic amines is 1. The van der Waals surface area contributed by atoms with Crippen molar-refractivity contribution in [3.63, 3.8) is 0 Å². The third-order valence-corrected chi connectivity index (χ3v) is 4.45. The first-order chi connectivity index (χ1) is 11.0. The van der Waals surface area contributed by atoms with Gasteiger partial charge in [0.25, 0.3) is 0 Å². The van der Waals surface area contributed by atoms with Crippen molar-refractivity contribution in [3.8, 4) is 5.75 Å². The van der Waals surface area contributed by atoms with Crippen LogP contribution in [-0.2, 0) is 15.0 Å². The number of nitrogens with zero attached hydrogens (tertiary/aromatic N) is 1. The Morgan fingerprint density at radius 3 is 2.70 bits per heavy atom. The zero-order valence-electron chi connectivity index (χ0n) is 11.7. The maximum absolute atomic E-state index is 12.4. The molecule has 1 radical (unpaired) electrons. The van der Waals surface area contributed by atoms with Gasteiger partial charge in [-0.1, -0.05) is 12.1 Å². The van der Waals surface area contributed by atoms with Crippen LogP contribution in [0.4, 0.5) is 11.4 Å². The largest absolute Gasteiger partial charge is 0.508 e. The zero-order chi connectivity index (χ0) is 16.4. The summed E-state index contributed by atoms with van der Waals surface area (Å²) in [7, 11) is -4.21. The summed E-state index contributed by atoms with van der Waals surface area (Å²) < 4.78 is 27.5. The third kappa shape index (κ3) is 2.97. The molecule has 0 aliphatic carbocycles. The Morgan fingerprint density at radius 2 is 1.96 bits per heavy atom. The summed E-state index contributed by atoms with van der Waals surface area (Å²) in [6.45, 7) is 0. The first-order valence-corrected chi connectivity index (χ1v) is 8.01. The number of phenols is 1. The van der Waals surface area contributed by atoms with Crippen molar-refractivity contribution >= 4 is 38.9 Å². The molecule has 8 heteroatoms. The molecule has 0 aliphatic heterocycles. The standard InChI is InChI=1S/C15H12N3O4S/c19-10-18(13-2-1-3-14(20)9-13)23(21,22)17-12-5-4-11-6-7-16-15(11)8-12/h1-9,16-17,20H. The fourth-order valence-electron chi connectivity index (χ4n) is 2.17. The van der Waals surface area contributed by atoms with E-state index in [0.717, 1.165) is 17.0 Å². The van der Waals surface area contributed by atoms with E-state index in [2.05, 4.69) is 9.71 Å². The van der Waals surface area contributed by atoms with Crippen molar-refractivity contribution in [2.24, 2.45) is 0 Å². The molecule has 0 saturated heterocycles. The molecular formula is C15H12N3O4S. The van der Waals surface area contributed by atoms with Gasteiger partial charge in [0.2, 0.25) is 0 Å². The Balaban J connectivity index is 1.94. The Hall–Kier alpha value is -3.00. The summed E-state index contributed by atoms with van der Waals surface area (Å²) in [6.07, 6.45) is 3.09. The van der Waals surface area contributed by atoms with Crippen molar-refractivity contribution < 1.29 is 18.3 Å². The zero-order valence-corrected chi connectivity index (χ0v) is 12.5. The van der Waals surface area contributed by atoms with Gasteiger partial charge in [-0.25, -0.2) is 0 Å². The summed E-state index contributed by atoms with van der Waals surface area (Å²) in [5.74, 6) is -0.161. The van der Waals surface area contributed by atoms with E-state index in [9.17, 15) is 18.3 Å². The molecule has 3 N–H and O–H groups in total. The molecule has 0 unspecified atom stereocenters. The van der Waals surface area contributed by atoms with E-state index < -0.39 is 10.2 Å². The number of H-pyrrole nitrogens is 1. The number of hydrogen-bond acceptors (Lipinski definition) is 4. The molecule has 0 fully saturated rings. The second-order valence-electron chi connectivity index (χ2n) is 4.76. The van der Waals surface area contributed by atoms with Crippen molar-refractivity contribution in [2.45, 2.75) is 0 Å². The van der Waals surface area contributed by atoms with Gasteiger partial charge in [-0.3, -0.25) is 9.52 Å². The van der Waals surface area contributed by atoms with Gasteiger partial charge in [-0.05, 0) is 35.7 Å². The van der Waals surface area contributed by atoms with Crippen molar-refractivity contribution in [1.82, 2.24) is 4.98 Å². The molecule has 0 bridgehead atoms. The van der Waals surface area contributed by atoms with Gasteiger partial charge >= 0.3 is 16.6 Å². The van der Waals surface area contributed by atoms with Crippen LogP contribution in [-0.4, -0.2) is 24.9 Å². The molecule has 0 spiro atoms. The monoisotopic (exact) mass is 330 g/mol. The van der Waals surface area contributed by atoms with Crippen LogP contribution in [0.5, 0.6) is 5.75 Å². The number of hydrogen-bond donors (Lipinski definition) is 3. The van der Waals surface area contributed by atoms with E-state index in [-0.39, 0.29) is 11.4 Å². The highest BCUT2D eigenvalue weighted by atomic mass is 32.2. The van der Waals surface area contributed by atoms with E-state index in [1.54, 1.807) is 24.4 Å².